The fraction of sp³-hybridized carbons (Fsp3) is 1.00. The van der Waals surface area contributed by atoms with Gasteiger partial charge in [-0.1, -0.05) is 0 Å². The lowest BCUT2D eigenvalue weighted by Gasteiger charge is -2.09. The minimum absolute atomic E-state index is 0.691. The third kappa shape index (κ3) is 0.536. The van der Waals surface area contributed by atoms with E-state index in [1.54, 1.807) is 0 Å². The largest absolute Gasteiger partial charge is 0.306 e. The van der Waals surface area contributed by atoms with Crippen LogP contribution in [0.2, 0.25) is 0 Å². The molecular weight excluding hydrogens is 110 g/mol. The van der Waals surface area contributed by atoms with E-state index >= 15 is 0 Å². The molecule has 2 saturated carbocycles. The van der Waals surface area contributed by atoms with E-state index in [0.29, 0.717) is 11.1 Å². The van der Waals surface area contributed by atoms with Crippen molar-refractivity contribution in [2.75, 3.05) is 0 Å². The fourth-order valence-electron chi connectivity index (χ4n) is 2.22. The van der Waals surface area contributed by atoms with Crippen LogP contribution in [0.25, 0.3) is 0 Å². The molecule has 2 aliphatic carbocycles. The van der Waals surface area contributed by atoms with Crippen LogP contribution in [-0.4, -0.2) is 11.1 Å². The van der Waals surface area contributed by atoms with Crippen LogP contribution in [0.4, 0.5) is 0 Å². The van der Waals surface area contributed by atoms with Crippen molar-refractivity contribution in [2.24, 2.45) is 0 Å². The minimum atomic E-state index is 0.691. The zero-order valence-electron chi connectivity index (χ0n) is 5.74. The second-order valence-corrected chi connectivity index (χ2v) is 4.19. The first-order valence-electron chi connectivity index (χ1n) is 4.12. The summed E-state index contributed by atoms with van der Waals surface area (Å²) in [5.41, 5.74) is 1.38. The maximum absolute atomic E-state index is 3.79. The quantitative estimate of drug-likeness (QED) is 0.514. The molecule has 3 aliphatic rings. The smallest absolute Gasteiger partial charge is 0.0188 e. The molecule has 0 aromatic heterocycles. The Morgan fingerprint density at radius 2 is 1.00 bits per heavy atom. The summed E-state index contributed by atoms with van der Waals surface area (Å²) in [7, 11) is 0. The van der Waals surface area contributed by atoms with Gasteiger partial charge in [0, 0.05) is 11.1 Å². The van der Waals surface area contributed by atoms with Crippen LogP contribution in [0.5, 0.6) is 0 Å². The molecule has 0 amide bonds. The summed E-state index contributed by atoms with van der Waals surface area (Å²) in [6.45, 7) is 0. The van der Waals surface area contributed by atoms with Gasteiger partial charge in [-0.3, -0.25) is 0 Å². The predicted molar refractivity (Wildman–Crippen MR) is 36.3 cm³/mol. The highest BCUT2D eigenvalue weighted by Crippen LogP contribution is 2.55. The molecule has 1 heterocycles. The maximum atomic E-state index is 3.79. The van der Waals surface area contributed by atoms with E-state index in [9.17, 15) is 0 Å². The SMILES string of the molecule is C1CC12CCC1(CC1)N2. The van der Waals surface area contributed by atoms with Crippen LogP contribution in [0.3, 0.4) is 0 Å². The van der Waals surface area contributed by atoms with Gasteiger partial charge in [-0.2, -0.15) is 0 Å². The molecule has 1 heteroatoms. The molecule has 0 aromatic carbocycles. The van der Waals surface area contributed by atoms with Gasteiger partial charge in [0.15, 0.2) is 0 Å². The van der Waals surface area contributed by atoms with E-state index in [2.05, 4.69) is 5.32 Å². The summed E-state index contributed by atoms with van der Waals surface area (Å²) in [4.78, 5) is 0. The van der Waals surface area contributed by atoms with Gasteiger partial charge in [-0.25, -0.2) is 0 Å². The molecule has 3 fully saturated rings. The van der Waals surface area contributed by atoms with Crippen LogP contribution >= 0.6 is 0 Å². The lowest BCUT2D eigenvalue weighted by molar-refractivity contribution is 0.519. The van der Waals surface area contributed by atoms with Crippen LogP contribution in [0.1, 0.15) is 38.5 Å². The third-order valence-corrected chi connectivity index (χ3v) is 3.32. The van der Waals surface area contributed by atoms with Gasteiger partial charge in [-0.05, 0) is 38.5 Å². The second kappa shape index (κ2) is 1.07. The molecule has 0 aromatic rings. The minimum Gasteiger partial charge on any atom is -0.306 e. The van der Waals surface area contributed by atoms with Gasteiger partial charge in [-0.15, -0.1) is 0 Å². The van der Waals surface area contributed by atoms with Crippen molar-refractivity contribution >= 4 is 0 Å². The Morgan fingerprint density at radius 3 is 1.22 bits per heavy atom. The normalized spacial score (nSPS) is 40.0. The molecule has 3 rings (SSSR count). The maximum Gasteiger partial charge on any atom is 0.0188 e. The Bertz CT molecular complexity index is 136. The van der Waals surface area contributed by atoms with Crippen LogP contribution in [0, 0.1) is 0 Å². The van der Waals surface area contributed by atoms with E-state index in [4.69, 9.17) is 0 Å². The summed E-state index contributed by atoms with van der Waals surface area (Å²) >= 11 is 0. The molecule has 2 spiro atoms. The van der Waals surface area contributed by atoms with E-state index < -0.39 is 0 Å². The van der Waals surface area contributed by atoms with Crippen LogP contribution in [0.15, 0.2) is 0 Å². The van der Waals surface area contributed by atoms with Crippen molar-refractivity contribution in [1.82, 2.24) is 5.32 Å². The van der Waals surface area contributed by atoms with Crippen molar-refractivity contribution in [1.29, 1.82) is 0 Å². The molecule has 0 bridgehead atoms. The fourth-order valence-corrected chi connectivity index (χ4v) is 2.22. The van der Waals surface area contributed by atoms with Gasteiger partial charge < -0.3 is 5.32 Å². The van der Waals surface area contributed by atoms with Crippen molar-refractivity contribution in [3.05, 3.63) is 0 Å². The number of hydrogen-bond donors (Lipinski definition) is 1. The molecule has 0 atom stereocenters. The lowest BCUT2D eigenvalue weighted by Crippen LogP contribution is -2.32. The van der Waals surface area contributed by atoms with Gasteiger partial charge in [0.25, 0.3) is 0 Å². The van der Waals surface area contributed by atoms with Gasteiger partial charge in [0.1, 0.15) is 0 Å². The molecule has 1 N–H and O–H groups in total. The van der Waals surface area contributed by atoms with E-state index in [0.717, 1.165) is 0 Å². The highest BCUT2D eigenvalue weighted by molar-refractivity contribution is 5.19. The Kier molecular flexibility index (Phi) is 0.563. The second-order valence-electron chi connectivity index (χ2n) is 4.19. The first-order valence-corrected chi connectivity index (χ1v) is 4.12. The first kappa shape index (κ1) is 4.73. The molecule has 9 heavy (non-hydrogen) atoms. The summed E-state index contributed by atoms with van der Waals surface area (Å²) in [6, 6.07) is 0. The van der Waals surface area contributed by atoms with Crippen molar-refractivity contribution < 1.29 is 0 Å². The monoisotopic (exact) mass is 123 g/mol. The van der Waals surface area contributed by atoms with Gasteiger partial charge >= 0.3 is 0 Å². The molecule has 50 valence electrons. The van der Waals surface area contributed by atoms with E-state index in [-0.39, 0.29) is 0 Å². The van der Waals surface area contributed by atoms with Gasteiger partial charge in [0.05, 0.1) is 0 Å². The Morgan fingerprint density at radius 1 is 0.667 bits per heavy atom. The van der Waals surface area contributed by atoms with Crippen LogP contribution < -0.4 is 5.32 Å². The van der Waals surface area contributed by atoms with Crippen LogP contribution in [-0.2, 0) is 0 Å². The number of nitrogens with one attached hydrogen (secondary N) is 1. The molecule has 0 unspecified atom stereocenters. The van der Waals surface area contributed by atoms with Crippen molar-refractivity contribution in [2.45, 2.75) is 49.6 Å². The molecule has 1 aliphatic heterocycles. The average molecular weight is 123 g/mol. The van der Waals surface area contributed by atoms with Gasteiger partial charge in [0.2, 0.25) is 0 Å². The Hall–Kier alpha value is -0.0400. The zero-order chi connectivity index (χ0) is 5.95. The zero-order valence-corrected chi connectivity index (χ0v) is 5.74. The average Bonchev–Trinajstić information content (AvgIpc) is 2.62. The molecule has 1 saturated heterocycles. The molecule has 1 nitrogen and oxygen atoms in total. The summed E-state index contributed by atoms with van der Waals surface area (Å²) in [5, 5.41) is 3.79. The van der Waals surface area contributed by atoms with E-state index in [1.165, 1.54) is 38.5 Å². The molecule has 0 radical (unpaired) electrons. The summed E-state index contributed by atoms with van der Waals surface area (Å²) < 4.78 is 0. The Labute approximate surface area is 55.8 Å². The third-order valence-electron chi connectivity index (χ3n) is 3.32. The first-order chi connectivity index (χ1) is 4.33. The molecular formula is C8H13N. The topological polar surface area (TPSA) is 12.0 Å². The summed E-state index contributed by atoms with van der Waals surface area (Å²) in [5.74, 6) is 0. The predicted octanol–water partition coefficient (Wildman–Crippen LogP) is 1.43. The lowest BCUT2D eigenvalue weighted by atomic mass is 10.2. The van der Waals surface area contributed by atoms with Crippen molar-refractivity contribution in [3.63, 3.8) is 0 Å². The summed E-state index contributed by atoms with van der Waals surface area (Å²) in [6.07, 6.45) is 8.83. The highest BCUT2D eigenvalue weighted by Gasteiger charge is 2.58. The highest BCUT2D eigenvalue weighted by atomic mass is 15.2. The standard InChI is InChI=1S/C8H13N/c1-2-7(1)5-6-8(9-7)3-4-8/h9H,1-6H2. The van der Waals surface area contributed by atoms with Crippen molar-refractivity contribution in [3.8, 4) is 0 Å². The van der Waals surface area contributed by atoms with E-state index in [1.807, 2.05) is 0 Å². The number of hydrogen-bond acceptors (Lipinski definition) is 1. The Balaban J connectivity index is 1.86. The number of rotatable bonds is 0.